The van der Waals surface area contributed by atoms with E-state index in [-0.39, 0.29) is 24.4 Å². The second-order valence-electron chi connectivity index (χ2n) is 10.4. The molecule has 0 heterocycles. The zero-order valence-electron chi connectivity index (χ0n) is 23.4. The van der Waals surface area contributed by atoms with Crippen molar-refractivity contribution >= 4 is 27.5 Å². The highest BCUT2D eigenvalue weighted by Crippen LogP contribution is 2.29. The molecule has 0 bridgehead atoms. The van der Waals surface area contributed by atoms with E-state index in [4.69, 9.17) is 0 Å². The smallest absolute Gasteiger partial charge is 0.244 e. The zero-order chi connectivity index (χ0) is 28.6. The molecule has 3 rings (SSSR count). The summed E-state index contributed by atoms with van der Waals surface area (Å²) in [6, 6.07) is 25.2. The number of carbonyl (C=O) groups excluding carboxylic acids is 2. The van der Waals surface area contributed by atoms with Gasteiger partial charge in [0.05, 0.1) is 11.9 Å². The summed E-state index contributed by atoms with van der Waals surface area (Å²) in [5.41, 5.74) is 3.03. The van der Waals surface area contributed by atoms with Crippen molar-refractivity contribution in [3.63, 3.8) is 0 Å². The topological polar surface area (TPSA) is 86.8 Å². The molecule has 0 spiro atoms. The van der Waals surface area contributed by atoms with Gasteiger partial charge in [-0.2, -0.15) is 0 Å². The van der Waals surface area contributed by atoms with Crippen LogP contribution in [-0.2, 0) is 32.6 Å². The number of sulfonamides is 1. The third-order valence-corrected chi connectivity index (χ3v) is 7.53. The molecule has 7 nitrogen and oxygen atoms in total. The number of rotatable bonds is 12. The van der Waals surface area contributed by atoms with Crippen LogP contribution in [0.4, 0.5) is 5.69 Å². The standard InChI is InChI=1S/C31H39N3O4S/c1-23(2)27-18-12-13-19-28(27)34(39(5,37)38)22-30(35)33(21-26-16-10-7-11-17-26)29(31(36)32-24(3)4)20-25-14-8-6-9-15-25/h6-19,23-24,29H,20-22H2,1-5H3,(H,32,36). The summed E-state index contributed by atoms with van der Waals surface area (Å²) in [4.78, 5) is 29.2. The summed E-state index contributed by atoms with van der Waals surface area (Å²) in [6.45, 7) is 7.44. The van der Waals surface area contributed by atoms with E-state index in [9.17, 15) is 18.0 Å². The molecule has 0 radical (unpaired) electrons. The summed E-state index contributed by atoms with van der Waals surface area (Å²) >= 11 is 0. The van der Waals surface area contributed by atoms with E-state index in [1.165, 1.54) is 4.90 Å². The quantitative estimate of drug-likeness (QED) is 0.354. The molecular weight excluding hydrogens is 510 g/mol. The van der Waals surface area contributed by atoms with Crippen LogP contribution >= 0.6 is 0 Å². The molecule has 1 atom stereocenters. The Kier molecular flexibility index (Phi) is 10.3. The van der Waals surface area contributed by atoms with Gasteiger partial charge in [0.2, 0.25) is 21.8 Å². The van der Waals surface area contributed by atoms with Crippen LogP contribution in [0.15, 0.2) is 84.9 Å². The van der Waals surface area contributed by atoms with Crippen LogP contribution in [0.3, 0.4) is 0 Å². The van der Waals surface area contributed by atoms with Crippen molar-refractivity contribution in [2.75, 3.05) is 17.1 Å². The van der Waals surface area contributed by atoms with Crippen molar-refractivity contribution < 1.29 is 18.0 Å². The van der Waals surface area contributed by atoms with Gasteiger partial charge in [0.25, 0.3) is 0 Å². The maximum atomic E-state index is 14.1. The highest BCUT2D eigenvalue weighted by molar-refractivity contribution is 7.92. The van der Waals surface area contributed by atoms with Gasteiger partial charge in [-0.05, 0) is 42.5 Å². The lowest BCUT2D eigenvalue weighted by molar-refractivity contribution is -0.140. The number of anilines is 1. The fourth-order valence-electron chi connectivity index (χ4n) is 4.51. The van der Waals surface area contributed by atoms with Crippen LogP contribution in [0.5, 0.6) is 0 Å². The van der Waals surface area contributed by atoms with Crippen molar-refractivity contribution in [3.05, 3.63) is 102 Å². The summed E-state index contributed by atoms with van der Waals surface area (Å²) in [5, 5.41) is 2.96. The van der Waals surface area contributed by atoms with Crippen LogP contribution in [0.2, 0.25) is 0 Å². The Balaban J connectivity index is 2.07. The molecule has 39 heavy (non-hydrogen) atoms. The second kappa shape index (κ2) is 13.4. The van der Waals surface area contributed by atoms with Crippen molar-refractivity contribution in [2.24, 2.45) is 0 Å². The first kappa shape index (κ1) is 29.9. The van der Waals surface area contributed by atoms with Gasteiger partial charge in [0.15, 0.2) is 0 Å². The molecule has 3 aromatic carbocycles. The maximum absolute atomic E-state index is 14.1. The van der Waals surface area contributed by atoms with Gasteiger partial charge in [0, 0.05) is 19.0 Å². The molecule has 0 aliphatic heterocycles. The van der Waals surface area contributed by atoms with E-state index in [0.29, 0.717) is 12.1 Å². The van der Waals surface area contributed by atoms with Crippen LogP contribution in [0.1, 0.15) is 50.3 Å². The van der Waals surface area contributed by atoms with Gasteiger partial charge >= 0.3 is 0 Å². The van der Waals surface area contributed by atoms with E-state index in [2.05, 4.69) is 5.32 Å². The van der Waals surface area contributed by atoms with Crippen molar-refractivity contribution in [1.29, 1.82) is 0 Å². The van der Waals surface area contributed by atoms with Gasteiger partial charge in [0.1, 0.15) is 12.6 Å². The molecule has 1 unspecified atom stereocenters. The fraction of sp³-hybridized carbons (Fsp3) is 0.355. The molecule has 1 N–H and O–H groups in total. The highest BCUT2D eigenvalue weighted by Gasteiger charge is 2.33. The summed E-state index contributed by atoms with van der Waals surface area (Å²) < 4.78 is 27.2. The molecule has 0 aromatic heterocycles. The zero-order valence-corrected chi connectivity index (χ0v) is 24.2. The fourth-order valence-corrected chi connectivity index (χ4v) is 5.38. The third-order valence-electron chi connectivity index (χ3n) is 6.40. The number of nitrogens with one attached hydrogen (secondary N) is 1. The van der Waals surface area contributed by atoms with E-state index in [1.54, 1.807) is 12.1 Å². The van der Waals surface area contributed by atoms with Crippen molar-refractivity contribution in [3.8, 4) is 0 Å². The lowest BCUT2D eigenvalue weighted by Gasteiger charge is -2.34. The number of para-hydroxylation sites is 1. The molecule has 0 aliphatic carbocycles. The molecule has 2 amide bonds. The van der Waals surface area contributed by atoms with Crippen LogP contribution in [0, 0.1) is 0 Å². The van der Waals surface area contributed by atoms with Gasteiger partial charge in [-0.25, -0.2) is 8.42 Å². The Labute approximate surface area is 232 Å². The predicted octanol–water partition coefficient (Wildman–Crippen LogP) is 4.74. The Bertz CT molecular complexity index is 1340. The molecule has 0 saturated carbocycles. The molecule has 3 aromatic rings. The van der Waals surface area contributed by atoms with E-state index >= 15 is 0 Å². The van der Waals surface area contributed by atoms with Gasteiger partial charge in [-0.3, -0.25) is 13.9 Å². The third kappa shape index (κ3) is 8.42. The minimum Gasteiger partial charge on any atom is -0.352 e. The summed E-state index contributed by atoms with van der Waals surface area (Å²) in [7, 11) is -3.81. The molecule has 0 saturated heterocycles. The van der Waals surface area contributed by atoms with E-state index in [1.807, 2.05) is 100 Å². The average molecular weight is 550 g/mol. The SMILES string of the molecule is CC(C)NC(=O)C(Cc1ccccc1)N(Cc1ccccc1)C(=O)CN(c1ccccc1C(C)C)S(C)(=O)=O. The molecule has 0 aliphatic rings. The first-order valence-electron chi connectivity index (χ1n) is 13.2. The van der Waals surface area contributed by atoms with E-state index in [0.717, 1.165) is 27.3 Å². The summed E-state index contributed by atoms with van der Waals surface area (Å²) in [5.74, 6) is -0.696. The minimum atomic E-state index is -3.81. The number of benzene rings is 3. The molecule has 8 heteroatoms. The van der Waals surface area contributed by atoms with E-state index < -0.39 is 28.5 Å². The van der Waals surface area contributed by atoms with Gasteiger partial charge < -0.3 is 10.2 Å². The minimum absolute atomic E-state index is 0.0450. The Morgan fingerprint density at radius 1 is 0.795 bits per heavy atom. The number of nitrogens with zero attached hydrogens (tertiary/aromatic N) is 2. The molecule has 208 valence electrons. The molecule has 0 fully saturated rings. The van der Waals surface area contributed by atoms with Crippen LogP contribution in [0.25, 0.3) is 0 Å². The van der Waals surface area contributed by atoms with Crippen molar-refractivity contribution in [2.45, 2.75) is 58.7 Å². The first-order chi connectivity index (χ1) is 18.5. The Morgan fingerprint density at radius 2 is 1.33 bits per heavy atom. The van der Waals surface area contributed by atoms with Crippen LogP contribution < -0.4 is 9.62 Å². The lowest BCUT2D eigenvalue weighted by Crippen LogP contribution is -2.54. The van der Waals surface area contributed by atoms with Gasteiger partial charge in [-0.1, -0.05) is 92.7 Å². The Hall–Kier alpha value is -3.65. The lowest BCUT2D eigenvalue weighted by atomic mass is 10.0. The maximum Gasteiger partial charge on any atom is 0.244 e. The number of carbonyl (C=O) groups is 2. The highest BCUT2D eigenvalue weighted by atomic mass is 32.2. The largest absolute Gasteiger partial charge is 0.352 e. The normalized spacial score (nSPS) is 12.3. The predicted molar refractivity (Wildman–Crippen MR) is 157 cm³/mol. The number of hydrogen-bond donors (Lipinski definition) is 1. The monoisotopic (exact) mass is 549 g/mol. The van der Waals surface area contributed by atoms with Crippen LogP contribution in [-0.4, -0.2) is 50.0 Å². The number of hydrogen-bond acceptors (Lipinski definition) is 4. The second-order valence-corrected chi connectivity index (χ2v) is 12.3. The number of amides is 2. The Morgan fingerprint density at radius 3 is 1.87 bits per heavy atom. The summed E-state index contributed by atoms with van der Waals surface area (Å²) in [6.07, 6.45) is 1.39. The average Bonchev–Trinajstić information content (AvgIpc) is 2.89. The molecular formula is C31H39N3O4S. The van der Waals surface area contributed by atoms with Gasteiger partial charge in [-0.15, -0.1) is 0 Å². The first-order valence-corrected chi connectivity index (χ1v) is 15.1. The van der Waals surface area contributed by atoms with Crippen molar-refractivity contribution in [1.82, 2.24) is 10.2 Å².